The second kappa shape index (κ2) is 4.71. The number of nitrogens with one attached hydrogen (secondary N) is 1. The topological polar surface area (TPSA) is 47.3 Å². The van der Waals surface area contributed by atoms with Crippen LogP contribution in [0.15, 0.2) is 18.2 Å². The Labute approximate surface area is 109 Å². The van der Waals surface area contributed by atoms with Crippen molar-refractivity contribution in [3.63, 3.8) is 0 Å². The Morgan fingerprint density at radius 2 is 1.94 bits per heavy atom. The number of rotatable bonds is 6. The molecule has 0 bridgehead atoms. The van der Waals surface area contributed by atoms with Crippen LogP contribution in [0.4, 0.5) is 11.4 Å². The highest BCUT2D eigenvalue weighted by Crippen LogP contribution is 2.46. The van der Waals surface area contributed by atoms with Crippen molar-refractivity contribution in [2.75, 3.05) is 17.7 Å². The maximum atomic E-state index is 5.90. The van der Waals surface area contributed by atoms with Gasteiger partial charge in [0.2, 0.25) is 0 Å². The predicted octanol–water partition coefficient (Wildman–Crippen LogP) is 3.27. The van der Waals surface area contributed by atoms with Gasteiger partial charge in [0.15, 0.2) is 0 Å². The number of hydrogen-bond acceptors (Lipinski definition) is 3. The SMILES string of the molecule is CCOc1cc(NC(C2CC2)C2CC2)ccc1N. The summed E-state index contributed by atoms with van der Waals surface area (Å²) in [6, 6.07) is 6.71. The van der Waals surface area contributed by atoms with Gasteiger partial charge in [0, 0.05) is 17.8 Å². The highest BCUT2D eigenvalue weighted by atomic mass is 16.5. The number of nitrogens with two attached hydrogens (primary N) is 1. The van der Waals surface area contributed by atoms with Crippen LogP contribution in [0.1, 0.15) is 32.6 Å². The molecule has 0 aromatic heterocycles. The van der Waals surface area contributed by atoms with Crippen LogP contribution in [-0.4, -0.2) is 12.6 Å². The van der Waals surface area contributed by atoms with Crippen LogP contribution in [0.5, 0.6) is 5.75 Å². The zero-order valence-electron chi connectivity index (χ0n) is 11.0. The van der Waals surface area contributed by atoms with E-state index in [-0.39, 0.29) is 0 Å². The number of nitrogen functional groups attached to an aromatic ring is 1. The van der Waals surface area contributed by atoms with E-state index in [1.807, 2.05) is 19.1 Å². The Morgan fingerprint density at radius 3 is 2.50 bits per heavy atom. The molecule has 0 amide bonds. The van der Waals surface area contributed by atoms with Crippen LogP contribution in [0.25, 0.3) is 0 Å². The molecular formula is C15H22N2O. The molecule has 0 aliphatic heterocycles. The van der Waals surface area contributed by atoms with Gasteiger partial charge in [-0.15, -0.1) is 0 Å². The molecule has 0 spiro atoms. The Kier molecular flexibility index (Phi) is 3.06. The zero-order chi connectivity index (χ0) is 12.5. The molecule has 18 heavy (non-hydrogen) atoms. The normalized spacial score (nSPS) is 19.0. The Hall–Kier alpha value is -1.38. The molecule has 2 fully saturated rings. The lowest BCUT2D eigenvalue weighted by atomic mass is 10.1. The summed E-state index contributed by atoms with van der Waals surface area (Å²) in [5, 5.41) is 3.69. The van der Waals surface area contributed by atoms with Crippen LogP contribution in [0, 0.1) is 11.8 Å². The maximum absolute atomic E-state index is 5.90. The molecule has 0 radical (unpaired) electrons. The summed E-state index contributed by atoms with van der Waals surface area (Å²) in [6.07, 6.45) is 5.56. The minimum Gasteiger partial charge on any atom is -0.492 e. The fourth-order valence-corrected chi connectivity index (χ4v) is 2.63. The van der Waals surface area contributed by atoms with Crippen molar-refractivity contribution in [1.29, 1.82) is 0 Å². The predicted molar refractivity (Wildman–Crippen MR) is 74.9 cm³/mol. The molecule has 2 aliphatic carbocycles. The molecule has 3 nitrogen and oxygen atoms in total. The molecular weight excluding hydrogens is 224 g/mol. The summed E-state index contributed by atoms with van der Waals surface area (Å²) in [4.78, 5) is 0. The second-order valence-corrected chi connectivity index (χ2v) is 5.53. The van der Waals surface area contributed by atoms with Gasteiger partial charge in [-0.1, -0.05) is 0 Å². The lowest BCUT2D eigenvalue weighted by Gasteiger charge is -2.20. The van der Waals surface area contributed by atoms with Crippen LogP contribution in [-0.2, 0) is 0 Å². The third-order valence-electron chi connectivity index (χ3n) is 3.91. The molecule has 0 heterocycles. The summed E-state index contributed by atoms with van der Waals surface area (Å²) < 4.78 is 5.55. The minimum atomic E-state index is 0.655. The first-order valence-electron chi connectivity index (χ1n) is 7.06. The van der Waals surface area contributed by atoms with Crippen molar-refractivity contribution in [3.8, 4) is 5.75 Å². The van der Waals surface area contributed by atoms with Gasteiger partial charge in [-0.05, 0) is 56.6 Å². The van der Waals surface area contributed by atoms with Gasteiger partial charge in [0.1, 0.15) is 5.75 Å². The summed E-state index contributed by atoms with van der Waals surface area (Å²) in [7, 11) is 0. The monoisotopic (exact) mass is 246 g/mol. The first-order valence-corrected chi connectivity index (χ1v) is 7.06. The quantitative estimate of drug-likeness (QED) is 0.757. The summed E-state index contributed by atoms with van der Waals surface area (Å²) >= 11 is 0. The van der Waals surface area contributed by atoms with Gasteiger partial charge in [-0.3, -0.25) is 0 Å². The molecule has 0 unspecified atom stereocenters. The Balaban J connectivity index is 1.72. The maximum Gasteiger partial charge on any atom is 0.144 e. The molecule has 3 heteroatoms. The van der Waals surface area contributed by atoms with E-state index in [4.69, 9.17) is 10.5 Å². The zero-order valence-corrected chi connectivity index (χ0v) is 11.0. The van der Waals surface area contributed by atoms with Gasteiger partial charge in [0.05, 0.1) is 12.3 Å². The molecule has 0 atom stereocenters. The molecule has 0 saturated heterocycles. The van der Waals surface area contributed by atoms with Crippen molar-refractivity contribution in [1.82, 2.24) is 0 Å². The van der Waals surface area contributed by atoms with Crippen LogP contribution in [0.2, 0.25) is 0 Å². The van der Waals surface area contributed by atoms with E-state index in [2.05, 4.69) is 11.4 Å². The lowest BCUT2D eigenvalue weighted by molar-refractivity contribution is 0.342. The van der Waals surface area contributed by atoms with E-state index in [0.717, 1.165) is 29.0 Å². The van der Waals surface area contributed by atoms with Crippen molar-refractivity contribution in [2.24, 2.45) is 11.8 Å². The van der Waals surface area contributed by atoms with Crippen LogP contribution in [0.3, 0.4) is 0 Å². The molecule has 2 saturated carbocycles. The molecule has 1 aromatic rings. The van der Waals surface area contributed by atoms with Crippen LogP contribution >= 0.6 is 0 Å². The van der Waals surface area contributed by atoms with E-state index in [1.165, 1.54) is 25.7 Å². The van der Waals surface area contributed by atoms with Gasteiger partial charge in [-0.25, -0.2) is 0 Å². The van der Waals surface area contributed by atoms with E-state index >= 15 is 0 Å². The van der Waals surface area contributed by atoms with E-state index < -0.39 is 0 Å². The molecule has 3 rings (SSSR count). The standard InChI is InChI=1S/C15H22N2O/c1-2-18-14-9-12(7-8-13(14)16)17-15(10-3-4-10)11-5-6-11/h7-11,15,17H,2-6,16H2,1H3. The Morgan fingerprint density at radius 1 is 1.28 bits per heavy atom. The fourth-order valence-electron chi connectivity index (χ4n) is 2.63. The number of ether oxygens (including phenoxy) is 1. The lowest BCUT2D eigenvalue weighted by Crippen LogP contribution is -2.24. The van der Waals surface area contributed by atoms with E-state index in [0.29, 0.717) is 12.6 Å². The van der Waals surface area contributed by atoms with Gasteiger partial charge >= 0.3 is 0 Å². The number of hydrogen-bond donors (Lipinski definition) is 2. The third kappa shape index (κ3) is 2.55. The molecule has 1 aromatic carbocycles. The molecule has 3 N–H and O–H groups in total. The first kappa shape index (κ1) is 11.7. The van der Waals surface area contributed by atoms with E-state index in [1.54, 1.807) is 0 Å². The van der Waals surface area contributed by atoms with Gasteiger partial charge < -0.3 is 15.8 Å². The summed E-state index contributed by atoms with van der Waals surface area (Å²) in [5.41, 5.74) is 7.77. The van der Waals surface area contributed by atoms with Gasteiger partial charge in [0.25, 0.3) is 0 Å². The highest BCUT2D eigenvalue weighted by molar-refractivity contribution is 5.61. The van der Waals surface area contributed by atoms with Gasteiger partial charge in [-0.2, -0.15) is 0 Å². The van der Waals surface area contributed by atoms with E-state index in [9.17, 15) is 0 Å². The number of anilines is 2. The van der Waals surface area contributed by atoms with Crippen LogP contribution < -0.4 is 15.8 Å². The van der Waals surface area contributed by atoms with Crippen molar-refractivity contribution < 1.29 is 4.74 Å². The number of benzene rings is 1. The summed E-state index contributed by atoms with van der Waals surface area (Å²) in [5.74, 6) is 2.59. The molecule has 2 aliphatic rings. The van der Waals surface area contributed by atoms with Crippen molar-refractivity contribution >= 4 is 11.4 Å². The van der Waals surface area contributed by atoms with Crippen molar-refractivity contribution in [2.45, 2.75) is 38.6 Å². The third-order valence-corrected chi connectivity index (χ3v) is 3.91. The van der Waals surface area contributed by atoms with Crippen molar-refractivity contribution in [3.05, 3.63) is 18.2 Å². The average Bonchev–Trinajstić information content (AvgIpc) is 3.24. The smallest absolute Gasteiger partial charge is 0.144 e. The highest BCUT2D eigenvalue weighted by Gasteiger charge is 2.41. The first-order chi connectivity index (χ1) is 8.78. The Bertz CT molecular complexity index is 413. The molecule has 98 valence electrons. The largest absolute Gasteiger partial charge is 0.492 e. The summed E-state index contributed by atoms with van der Waals surface area (Å²) in [6.45, 7) is 2.64. The minimum absolute atomic E-state index is 0.655. The average molecular weight is 246 g/mol. The fraction of sp³-hybridized carbons (Fsp3) is 0.600. The second-order valence-electron chi connectivity index (χ2n) is 5.53.